The quantitative estimate of drug-likeness (QED) is 0.0708. The molecule has 5 nitrogen and oxygen atoms in total. The number of hydrogen-bond donors (Lipinski definition) is 4. The Labute approximate surface area is 210 Å². The topological polar surface area (TPSA) is 72.7 Å². The Morgan fingerprint density at radius 2 is 0.853 bits per heavy atom. The van der Waals surface area contributed by atoms with Crippen LogP contribution in [0.1, 0.15) is 137 Å². The fourth-order valence-electron chi connectivity index (χ4n) is 4.81. The number of unbranched alkanes of at least 4 members (excludes halogenated alkanes) is 15. The molecule has 4 N–H and O–H groups in total. The molecule has 0 aromatic carbocycles. The molecule has 0 bridgehead atoms. The van der Waals surface area contributed by atoms with Crippen molar-refractivity contribution >= 4 is 0 Å². The minimum atomic E-state index is -0.585. The third kappa shape index (κ3) is 19.9. The van der Waals surface area contributed by atoms with Crippen LogP contribution in [-0.4, -0.2) is 58.1 Å². The highest BCUT2D eigenvalue weighted by atomic mass is 19.0. The number of nitrogens with zero attached hydrogens (tertiary/aromatic N) is 1. The number of nitrogens with one attached hydrogen (secondary N) is 1. The normalized spacial score (nSPS) is 15.6. The fourth-order valence-corrected chi connectivity index (χ4v) is 4.81. The smallest absolute Gasteiger partial charge is 0.189 e. The van der Waals surface area contributed by atoms with E-state index in [2.05, 4.69) is 12.2 Å². The molecule has 0 heterocycles. The molecule has 3 atom stereocenters. The van der Waals surface area contributed by atoms with Crippen molar-refractivity contribution in [3.8, 4) is 0 Å². The van der Waals surface area contributed by atoms with Crippen molar-refractivity contribution in [2.45, 2.75) is 156 Å². The number of quaternary nitrogens is 1. The van der Waals surface area contributed by atoms with Gasteiger partial charge in [-0.2, -0.15) is 0 Å². The van der Waals surface area contributed by atoms with E-state index >= 15 is 0 Å². The molecule has 0 aliphatic heterocycles. The average molecular weight is 500 g/mol. The number of aliphatic hydroxyl groups is 3. The molecular formula is C27H61F2N2O3+. The highest BCUT2D eigenvalue weighted by molar-refractivity contribution is 4.54. The minimum absolute atomic E-state index is 0. The first-order chi connectivity index (χ1) is 15.4. The molecule has 0 aromatic heterocycles. The molecule has 0 aliphatic rings. The second-order valence-electron chi connectivity index (χ2n) is 10.1. The Kier molecular flexibility index (Phi) is 28.9. The fraction of sp³-hybridized carbons (Fsp3) is 1.00. The first kappa shape index (κ1) is 38.2. The molecule has 7 heteroatoms. The summed E-state index contributed by atoms with van der Waals surface area (Å²) in [7, 11) is 0. The van der Waals surface area contributed by atoms with Crippen LogP contribution >= 0.6 is 0 Å². The lowest BCUT2D eigenvalue weighted by molar-refractivity contribution is -1.01. The van der Waals surface area contributed by atoms with E-state index in [1.165, 1.54) is 96.3 Å². The van der Waals surface area contributed by atoms with Crippen molar-refractivity contribution in [2.75, 3.05) is 19.6 Å². The van der Waals surface area contributed by atoms with Gasteiger partial charge < -0.3 is 15.3 Å². The maximum Gasteiger partial charge on any atom is 0.189 e. The predicted molar refractivity (Wildman–Crippen MR) is 142 cm³/mol. The monoisotopic (exact) mass is 499 g/mol. The zero-order valence-electron chi connectivity index (χ0n) is 23.0. The van der Waals surface area contributed by atoms with E-state index in [0.717, 1.165) is 19.4 Å². The molecule has 34 heavy (non-hydrogen) atoms. The number of rotatable bonds is 24. The van der Waals surface area contributed by atoms with Gasteiger partial charge in [0.2, 0.25) is 0 Å². The van der Waals surface area contributed by atoms with Gasteiger partial charge >= 0.3 is 0 Å². The molecule has 210 valence electrons. The standard InChI is InChI=1S/C27H59N2O3.2FH/c1-5-6-7-8-9-10-11-12-13-14-15-16-17-18-19-20-23-29(26(3)31,27(4)32)24-21-22-28-25(2)30;;/h25-28,30-32H,5-24H2,1-4H3;2*1H/q+1;;. The molecular weight excluding hydrogens is 438 g/mol. The predicted octanol–water partition coefficient (Wildman–Crippen LogP) is 6.36. The average Bonchev–Trinajstić information content (AvgIpc) is 2.74. The van der Waals surface area contributed by atoms with Crippen molar-refractivity contribution in [2.24, 2.45) is 0 Å². The first-order valence-electron chi connectivity index (χ1n) is 14.0. The summed E-state index contributed by atoms with van der Waals surface area (Å²) >= 11 is 0. The second-order valence-corrected chi connectivity index (χ2v) is 10.1. The molecule has 0 fully saturated rings. The van der Waals surface area contributed by atoms with Crippen LogP contribution in [-0.2, 0) is 0 Å². The van der Waals surface area contributed by atoms with Gasteiger partial charge in [0.05, 0.1) is 13.1 Å². The van der Waals surface area contributed by atoms with Gasteiger partial charge in [-0.3, -0.25) is 19.2 Å². The van der Waals surface area contributed by atoms with Crippen LogP contribution in [0.25, 0.3) is 0 Å². The van der Waals surface area contributed by atoms with Crippen molar-refractivity contribution in [1.29, 1.82) is 0 Å². The van der Waals surface area contributed by atoms with Gasteiger partial charge in [-0.1, -0.05) is 96.8 Å². The molecule has 0 aliphatic carbocycles. The van der Waals surface area contributed by atoms with Gasteiger partial charge in [0.15, 0.2) is 12.5 Å². The van der Waals surface area contributed by atoms with Gasteiger partial charge in [0.25, 0.3) is 0 Å². The summed E-state index contributed by atoms with van der Waals surface area (Å²) in [6.07, 6.45) is 20.7. The van der Waals surface area contributed by atoms with Crippen molar-refractivity contribution < 1.29 is 29.2 Å². The maximum atomic E-state index is 10.4. The summed E-state index contributed by atoms with van der Waals surface area (Å²) < 4.78 is 0.333. The van der Waals surface area contributed by atoms with E-state index in [1.807, 2.05) is 0 Å². The highest BCUT2D eigenvalue weighted by Crippen LogP contribution is 2.21. The van der Waals surface area contributed by atoms with Gasteiger partial charge in [-0.15, -0.1) is 0 Å². The first-order valence-corrected chi connectivity index (χ1v) is 14.0. The van der Waals surface area contributed by atoms with E-state index in [9.17, 15) is 15.3 Å². The van der Waals surface area contributed by atoms with E-state index < -0.39 is 18.7 Å². The molecule has 0 aromatic rings. The van der Waals surface area contributed by atoms with Crippen LogP contribution in [0.4, 0.5) is 9.41 Å². The second kappa shape index (κ2) is 25.7. The van der Waals surface area contributed by atoms with E-state index in [4.69, 9.17) is 0 Å². The lowest BCUT2D eigenvalue weighted by Crippen LogP contribution is -2.61. The zero-order chi connectivity index (χ0) is 24.1. The maximum absolute atomic E-state index is 10.4. The zero-order valence-corrected chi connectivity index (χ0v) is 23.0. The Balaban J connectivity index is -0.00000480. The lowest BCUT2D eigenvalue weighted by atomic mass is 10.0. The largest absolute Gasteiger partial charge is 0.379 e. The summed E-state index contributed by atoms with van der Waals surface area (Å²) in [5, 5.41) is 33.2. The van der Waals surface area contributed by atoms with E-state index in [1.54, 1.807) is 20.8 Å². The number of hydrogen-bond acceptors (Lipinski definition) is 4. The van der Waals surface area contributed by atoms with Gasteiger partial charge in [0.1, 0.15) is 6.23 Å². The summed E-state index contributed by atoms with van der Waals surface area (Å²) in [5.74, 6) is 0. The van der Waals surface area contributed by atoms with E-state index in [-0.39, 0.29) is 9.41 Å². The van der Waals surface area contributed by atoms with Crippen LogP contribution in [0.5, 0.6) is 0 Å². The Morgan fingerprint density at radius 1 is 0.529 bits per heavy atom. The van der Waals surface area contributed by atoms with Crippen LogP contribution < -0.4 is 5.32 Å². The molecule has 0 saturated heterocycles. The van der Waals surface area contributed by atoms with Crippen molar-refractivity contribution in [3.63, 3.8) is 0 Å². The molecule has 0 rings (SSSR count). The molecule has 0 saturated carbocycles. The molecule has 3 unspecified atom stereocenters. The van der Waals surface area contributed by atoms with Crippen LogP contribution in [0.2, 0.25) is 0 Å². The minimum Gasteiger partial charge on any atom is -0.379 e. The van der Waals surface area contributed by atoms with Gasteiger partial charge in [-0.05, 0) is 19.8 Å². The van der Waals surface area contributed by atoms with Crippen LogP contribution in [0.3, 0.4) is 0 Å². The molecule has 0 radical (unpaired) electrons. The summed E-state index contributed by atoms with van der Waals surface area (Å²) in [6, 6.07) is 0. The van der Waals surface area contributed by atoms with Crippen LogP contribution in [0, 0.1) is 0 Å². The summed E-state index contributed by atoms with van der Waals surface area (Å²) in [4.78, 5) is 0. The summed E-state index contributed by atoms with van der Waals surface area (Å²) in [6.45, 7) is 9.79. The van der Waals surface area contributed by atoms with Gasteiger partial charge in [0, 0.05) is 26.8 Å². The number of halogens is 2. The van der Waals surface area contributed by atoms with Crippen LogP contribution in [0.15, 0.2) is 0 Å². The van der Waals surface area contributed by atoms with Gasteiger partial charge in [-0.25, -0.2) is 0 Å². The van der Waals surface area contributed by atoms with Crippen molar-refractivity contribution in [3.05, 3.63) is 0 Å². The Morgan fingerprint density at radius 3 is 1.18 bits per heavy atom. The Bertz CT molecular complexity index is 392. The Hall–Kier alpha value is -0.340. The SMILES string of the molecule is CCCCCCCCCCCCCCCCCC[N+](CCCNC(C)O)(C(C)O)C(C)O.F.F. The number of aliphatic hydroxyl groups excluding tert-OH is 3. The third-order valence-electron chi connectivity index (χ3n) is 7.11. The van der Waals surface area contributed by atoms with Crippen molar-refractivity contribution in [1.82, 2.24) is 5.32 Å². The molecule has 0 spiro atoms. The molecule has 0 amide bonds. The van der Waals surface area contributed by atoms with E-state index in [0.29, 0.717) is 17.6 Å². The highest BCUT2D eigenvalue weighted by Gasteiger charge is 2.36. The third-order valence-corrected chi connectivity index (χ3v) is 7.11. The lowest BCUT2D eigenvalue weighted by Gasteiger charge is -2.43. The summed E-state index contributed by atoms with van der Waals surface area (Å²) in [5.41, 5.74) is 0.